The maximum atomic E-state index is 11.3. The molecule has 2 aromatic rings. The second-order valence-electron chi connectivity index (χ2n) is 8.87. The Balaban J connectivity index is 2.19. The summed E-state index contributed by atoms with van der Waals surface area (Å²) in [6.07, 6.45) is 0. The van der Waals surface area contributed by atoms with E-state index in [-0.39, 0.29) is 11.4 Å². The number of benzene rings is 2. The average molecular weight is 395 g/mol. The second kappa shape index (κ2) is 8.22. The van der Waals surface area contributed by atoms with Gasteiger partial charge in [0.15, 0.2) is 0 Å². The Bertz CT molecular complexity index is 821. The molecular weight excluding hydrogens is 360 g/mol. The van der Waals surface area contributed by atoms with Gasteiger partial charge in [0, 0.05) is 12.3 Å². The molecule has 1 fully saturated rings. The lowest BCUT2D eigenvalue weighted by Gasteiger charge is -2.56. The van der Waals surface area contributed by atoms with Crippen molar-refractivity contribution in [3.63, 3.8) is 0 Å². The summed E-state index contributed by atoms with van der Waals surface area (Å²) in [6, 6.07) is 16.7. The van der Waals surface area contributed by atoms with Gasteiger partial charge in [-0.2, -0.15) is 0 Å². The Morgan fingerprint density at radius 2 is 1.14 bits per heavy atom. The van der Waals surface area contributed by atoms with Gasteiger partial charge in [-0.1, -0.05) is 58.9 Å². The van der Waals surface area contributed by atoms with E-state index in [1.54, 1.807) is 7.11 Å². The van der Waals surface area contributed by atoms with Crippen LogP contribution in [-0.2, 0) is 10.2 Å². The van der Waals surface area contributed by atoms with Gasteiger partial charge in [-0.05, 0) is 65.0 Å². The van der Waals surface area contributed by atoms with E-state index in [9.17, 15) is 4.79 Å². The van der Waals surface area contributed by atoms with Gasteiger partial charge >= 0.3 is 5.97 Å². The summed E-state index contributed by atoms with van der Waals surface area (Å²) in [7, 11) is 1.70. The summed E-state index contributed by atoms with van der Waals surface area (Å²) in [5.74, 6) is 3.91. The summed E-state index contributed by atoms with van der Waals surface area (Å²) in [5, 5.41) is 0. The van der Waals surface area contributed by atoms with Gasteiger partial charge in [-0.15, -0.1) is 0 Å². The van der Waals surface area contributed by atoms with Crippen LogP contribution in [0, 0.1) is 29.6 Å². The fraction of sp³-hybridized carbons (Fsp3) is 0.500. The zero-order valence-electron chi connectivity index (χ0n) is 18.7. The molecule has 0 heterocycles. The van der Waals surface area contributed by atoms with Crippen molar-refractivity contribution < 1.29 is 14.3 Å². The largest absolute Gasteiger partial charge is 0.497 e. The molecule has 156 valence electrons. The number of carbonyl (C=O) groups excluding carboxylic acids is 1. The third-order valence-corrected chi connectivity index (χ3v) is 7.83. The van der Waals surface area contributed by atoms with E-state index in [0.29, 0.717) is 35.3 Å². The van der Waals surface area contributed by atoms with Gasteiger partial charge in [0.2, 0.25) is 0 Å². The van der Waals surface area contributed by atoms with E-state index in [1.165, 1.54) is 18.1 Å². The third-order valence-electron chi connectivity index (χ3n) is 7.83. The van der Waals surface area contributed by atoms with Crippen LogP contribution in [0.25, 0.3) is 0 Å². The number of hydrogen-bond acceptors (Lipinski definition) is 3. The molecule has 29 heavy (non-hydrogen) atoms. The molecule has 3 nitrogen and oxygen atoms in total. The molecule has 1 aliphatic rings. The Morgan fingerprint density at radius 1 is 0.724 bits per heavy atom. The zero-order chi connectivity index (χ0) is 21.3. The lowest BCUT2D eigenvalue weighted by Crippen LogP contribution is -2.53. The van der Waals surface area contributed by atoms with Gasteiger partial charge in [0.25, 0.3) is 0 Å². The number of carbonyl (C=O) groups is 1. The molecule has 0 spiro atoms. The Kier molecular flexibility index (Phi) is 6.07. The molecule has 1 aliphatic carbocycles. The first kappa shape index (κ1) is 21.4. The molecule has 1 saturated carbocycles. The highest BCUT2D eigenvalue weighted by Gasteiger charge is 2.53. The quantitative estimate of drug-likeness (QED) is 0.464. The summed E-state index contributed by atoms with van der Waals surface area (Å²) >= 11 is 0. The fourth-order valence-corrected chi connectivity index (χ4v) is 5.68. The molecule has 0 saturated heterocycles. The lowest BCUT2D eigenvalue weighted by molar-refractivity contribution is -0.131. The molecular formula is C26H34O3. The highest BCUT2D eigenvalue weighted by atomic mass is 16.5. The molecule has 4 unspecified atom stereocenters. The van der Waals surface area contributed by atoms with E-state index >= 15 is 0 Å². The van der Waals surface area contributed by atoms with E-state index in [1.807, 2.05) is 12.1 Å². The number of rotatable bonds is 4. The number of methoxy groups -OCH3 is 1. The van der Waals surface area contributed by atoms with Gasteiger partial charge in [-0.3, -0.25) is 4.79 Å². The second-order valence-corrected chi connectivity index (χ2v) is 8.87. The van der Waals surface area contributed by atoms with Crippen molar-refractivity contribution in [2.75, 3.05) is 7.11 Å². The standard InChI is InChI=1S/C26H34O3/c1-16-17(2)19(4)26(20(5)18(16)3,22-8-12-24(28-7)13-9-22)23-10-14-25(15-11-23)29-21(6)27/h8-20H,1-7H3. The summed E-state index contributed by atoms with van der Waals surface area (Å²) in [5.41, 5.74) is 2.49. The van der Waals surface area contributed by atoms with Crippen molar-refractivity contribution >= 4 is 5.97 Å². The predicted octanol–water partition coefficient (Wildman–Crippen LogP) is 6.10. The monoisotopic (exact) mass is 394 g/mol. The van der Waals surface area contributed by atoms with E-state index in [0.717, 1.165) is 5.75 Å². The van der Waals surface area contributed by atoms with Crippen molar-refractivity contribution in [2.24, 2.45) is 29.6 Å². The first-order valence-corrected chi connectivity index (χ1v) is 10.7. The third kappa shape index (κ3) is 3.56. The first-order valence-electron chi connectivity index (χ1n) is 10.7. The molecule has 3 heteroatoms. The smallest absolute Gasteiger partial charge is 0.308 e. The van der Waals surface area contributed by atoms with Gasteiger partial charge in [0.05, 0.1) is 7.11 Å². The van der Waals surface area contributed by atoms with Crippen LogP contribution < -0.4 is 9.47 Å². The van der Waals surface area contributed by atoms with Crippen LogP contribution in [0.15, 0.2) is 48.5 Å². The van der Waals surface area contributed by atoms with Crippen LogP contribution in [-0.4, -0.2) is 13.1 Å². The molecule has 2 aromatic carbocycles. The van der Waals surface area contributed by atoms with Crippen LogP contribution in [0.2, 0.25) is 0 Å². The Morgan fingerprint density at radius 3 is 1.52 bits per heavy atom. The summed E-state index contributed by atoms with van der Waals surface area (Å²) < 4.78 is 10.7. The number of esters is 1. The van der Waals surface area contributed by atoms with Gasteiger partial charge in [0.1, 0.15) is 11.5 Å². The Labute approximate surface area is 175 Å². The number of hydrogen-bond donors (Lipinski definition) is 0. The minimum atomic E-state index is -0.293. The zero-order valence-corrected chi connectivity index (χ0v) is 18.7. The van der Waals surface area contributed by atoms with Crippen LogP contribution >= 0.6 is 0 Å². The van der Waals surface area contributed by atoms with Gasteiger partial charge < -0.3 is 9.47 Å². The van der Waals surface area contributed by atoms with Gasteiger partial charge in [-0.25, -0.2) is 0 Å². The van der Waals surface area contributed by atoms with E-state index in [4.69, 9.17) is 9.47 Å². The minimum Gasteiger partial charge on any atom is -0.497 e. The van der Waals surface area contributed by atoms with E-state index < -0.39 is 0 Å². The average Bonchev–Trinajstić information content (AvgIpc) is 2.72. The van der Waals surface area contributed by atoms with Crippen LogP contribution in [0.4, 0.5) is 0 Å². The molecule has 4 atom stereocenters. The molecule has 0 aromatic heterocycles. The summed E-state index contributed by atoms with van der Waals surface area (Å²) in [4.78, 5) is 11.3. The fourth-order valence-electron chi connectivity index (χ4n) is 5.68. The predicted molar refractivity (Wildman–Crippen MR) is 117 cm³/mol. The van der Waals surface area contributed by atoms with Crippen LogP contribution in [0.5, 0.6) is 11.5 Å². The molecule has 0 aliphatic heterocycles. The van der Waals surface area contributed by atoms with Crippen molar-refractivity contribution in [3.8, 4) is 11.5 Å². The first-order chi connectivity index (χ1) is 13.7. The normalized spacial score (nSPS) is 31.9. The minimum absolute atomic E-state index is 0.119. The Hall–Kier alpha value is -2.29. The van der Waals surface area contributed by atoms with Crippen molar-refractivity contribution in [3.05, 3.63) is 59.7 Å². The van der Waals surface area contributed by atoms with Crippen molar-refractivity contribution in [2.45, 2.75) is 47.0 Å². The molecule has 3 rings (SSSR count). The highest BCUT2D eigenvalue weighted by Crippen LogP contribution is 2.57. The topological polar surface area (TPSA) is 35.5 Å². The molecule has 0 amide bonds. The van der Waals surface area contributed by atoms with Crippen molar-refractivity contribution in [1.82, 2.24) is 0 Å². The van der Waals surface area contributed by atoms with Crippen LogP contribution in [0.3, 0.4) is 0 Å². The SMILES string of the molecule is COc1ccc(C2(c3ccc(OC(C)=O)cc3)C(C)C(C)C(C)C(C)C2C)cc1. The van der Waals surface area contributed by atoms with Crippen LogP contribution in [0.1, 0.15) is 52.7 Å². The molecule has 0 N–H and O–H groups in total. The lowest BCUT2D eigenvalue weighted by atomic mass is 9.47. The maximum Gasteiger partial charge on any atom is 0.308 e. The number of ether oxygens (including phenoxy) is 2. The summed E-state index contributed by atoms with van der Waals surface area (Å²) in [6.45, 7) is 13.4. The van der Waals surface area contributed by atoms with Crippen molar-refractivity contribution in [1.29, 1.82) is 0 Å². The van der Waals surface area contributed by atoms with E-state index in [2.05, 4.69) is 71.0 Å². The molecule has 0 radical (unpaired) electrons. The maximum absolute atomic E-state index is 11.3. The molecule has 0 bridgehead atoms. The highest BCUT2D eigenvalue weighted by molar-refractivity contribution is 5.69.